The van der Waals surface area contributed by atoms with E-state index in [0.717, 1.165) is 35.4 Å². The molecule has 4 nitrogen and oxygen atoms in total. The summed E-state index contributed by atoms with van der Waals surface area (Å²) < 4.78 is 13.3. The van der Waals surface area contributed by atoms with Crippen molar-refractivity contribution in [3.63, 3.8) is 0 Å². The largest absolute Gasteiger partial charge is 0.341 e. The second-order valence-electron chi connectivity index (χ2n) is 8.55. The van der Waals surface area contributed by atoms with Gasteiger partial charge < -0.3 is 4.98 Å². The van der Waals surface area contributed by atoms with Crippen molar-refractivity contribution in [2.75, 3.05) is 6.54 Å². The number of rotatable bonds is 3. The lowest BCUT2D eigenvalue weighted by Crippen LogP contribution is -2.41. The molecule has 1 fully saturated rings. The van der Waals surface area contributed by atoms with Crippen LogP contribution < -0.4 is 0 Å². The van der Waals surface area contributed by atoms with Crippen LogP contribution in [-0.2, 0) is 0 Å². The Morgan fingerprint density at radius 3 is 2.60 bits per heavy atom. The summed E-state index contributed by atoms with van der Waals surface area (Å²) in [5, 5.41) is 5.09. The van der Waals surface area contributed by atoms with Crippen LogP contribution in [0.15, 0.2) is 42.6 Å². The molecule has 1 unspecified atom stereocenters. The van der Waals surface area contributed by atoms with E-state index in [4.69, 9.17) is 4.98 Å². The standard InChI is InChI=1S/C24H27FN4S/c1-14-9-10-28(23(14)24-26-20-11-15(2)16(3)12-21(20)27-24)29-13-22(30-17(29)4)18-5-7-19(25)8-6-18/h5-8,11-14,17,23H,9-10H2,1-4H3,(H,26,27)/t14-,17?,23-/m0/s1. The van der Waals surface area contributed by atoms with Gasteiger partial charge in [0.15, 0.2) is 0 Å². The third-order valence-electron chi connectivity index (χ3n) is 6.41. The van der Waals surface area contributed by atoms with E-state index in [-0.39, 0.29) is 17.2 Å². The summed E-state index contributed by atoms with van der Waals surface area (Å²) in [5.74, 6) is 1.35. The number of hydrogen-bond acceptors (Lipinski definition) is 4. The topological polar surface area (TPSA) is 35.2 Å². The normalized spacial score (nSPS) is 24.8. The zero-order chi connectivity index (χ0) is 21.0. The first-order valence-electron chi connectivity index (χ1n) is 10.6. The van der Waals surface area contributed by atoms with E-state index in [1.54, 1.807) is 0 Å². The second-order valence-corrected chi connectivity index (χ2v) is 9.90. The lowest BCUT2D eigenvalue weighted by atomic mass is 10.0. The number of thioether (sulfide) groups is 1. The predicted octanol–water partition coefficient (Wildman–Crippen LogP) is 6.01. The smallest absolute Gasteiger partial charge is 0.126 e. The average Bonchev–Trinajstić information content (AvgIpc) is 3.39. The van der Waals surface area contributed by atoms with Gasteiger partial charge in [-0.2, -0.15) is 0 Å². The van der Waals surface area contributed by atoms with E-state index < -0.39 is 0 Å². The van der Waals surface area contributed by atoms with Crippen LogP contribution in [0.1, 0.15) is 48.8 Å². The van der Waals surface area contributed by atoms with Crippen LogP contribution in [0.25, 0.3) is 15.9 Å². The van der Waals surface area contributed by atoms with Crippen molar-refractivity contribution in [1.82, 2.24) is 20.0 Å². The summed E-state index contributed by atoms with van der Waals surface area (Å²) in [5.41, 5.74) is 5.77. The number of hydrazine groups is 1. The summed E-state index contributed by atoms with van der Waals surface area (Å²) in [7, 11) is 0. The Kier molecular flexibility index (Phi) is 4.86. The molecular formula is C24H27FN4S. The van der Waals surface area contributed by atoms with Gasteiger partial charge in [-0.3, -0.25) is 5.01 Å². The minimum atomic E-state index is -0.198. The van der Waals surface area contributed by atoms with Crippen molar-refractivity contribution in [1.29, 1.82) is 0 Å². The number of nitrogens with zero attached hydrogens (tertiary/aromatic N) is 3. The molecule has 30 heavy (non-hydrogen) atoms. The quantitative estimate of drug-likeness (QED) is 0.561. The number of aromatic nitrogens is 2. The maximum atomic E-state index is 13.3. The predicted molar refractivity (Wildman–Crippen MR) is 122 cm³/mol. The Labute approximate surface area is 181 Å². The Bertz CT molecular complexity index is 1080. The molecule has 1 saturated heterocycles. The number of H-pyrrole nitrogens is 1. The zero-order valence-corrected chi connectivity index (χ0v) is 18.6. The van der Waals surface area contributed by atoms with E-state index in [1.807, 2.05) is 23.9 Å². The molecule has 0 amide bonds. The van der Waals surface area contributed by atoms with Crippen LogP contribution in [0, 0.1) is 25.6 Å². The molecule has 1 N–H and O–H groups in total. The lowest BCUT2D eigenvalue weighted by molar-refractivity contribution is -0.00509. The molecule has 156 valence electrons. The third kappa shape index (κ3) is 3.32. The highest BCUT2D eigenvalue weighted by Gasteiger charge is 2.40. The monoisotopic (exact) mass is 422 g/mol. The van der Waals surface area contributed by atoms with Gasteiger partial charge in [-0.05, 0) is 74.1 Å². The van der Waals surface area contributed by atoms with E-state index in [9.17, 15) is 4.39 Å². The number of nitrogens with one attached hydrogen (secondary N) is 1. The maximum absolute atomic E-state index is 13.3. The molecule has 3 heterocycles. The molecule has 2 aliphatic rings. The fraction of sp³-hybridized carbons (Fsp3) is 0.375. The second kappa shape index (κ2) is 7.43. The number of fused-ring (bicyclic) bond motifs is 1. The average molecular weight is 423 g/mol. The number of halogens is 1. The van der Waals surface area contributed by atoms with Gasteiger partial charge in [-0.1, -0.05) is 30.8 Å². The van der Waals surface area contributed by atoms with Crippen molar-refractivity contribution in [2.24, 2.45) is 5.92 Å². The van der Waals surface area contributed by atoms with E-state index >= 15 is 0 Å². The van der Waals surface area contributed by atoms with Gasteiger partial charge in [-0.15, -0.1) is 0 Å². The van der Waals surface area contributed by atoms with Crippen molar-refractivity contribution < 1.29 is 4.39 Å². The van der Waals surface area contributed by atoms with Crippen LogP contribution >= 0.6 is 11.8 Å². The third-order valence-corrected chi connectivity index (χ3v) is 7.57. The van der Waals surface area contributed by atoms with Gasteiger partial charge in [0.2, 0.25) is 0 Å². The molecule has 6 heteroatoms. The van der Waals surface area contributed by atoms with Gasteiger partial charge >= 0.3 is 0 Å². The Morgan fingerprint density at radius 2 is 1.83 bits per heavy atom. The zero-order valence-electron chi connectivity index (χ0n) is 17.8. The number of hydrogen-bond donors (Lipinski definition) is 1. The van der Waals surface area contributed by atoms with Crippen molar-refractivity contribution in [3.05, 3.63) is 70.9 Å². The number of aryl methyl sites for hydroxylation is 2. The van der Waals surface area contributed by atoms with Crippen LogP contribution in [0.5, 0.6) is 0 Å². The Morgan fingerprint density at radius 1 is 1.10 bits per heavy atom. The minimum Gasteiger partial charge on any atom is -0.341 e. The Balaban J connectivity index is 1.48. The van der Waals surface area contributed by atoms with Crippen molar-refractivity contribution in [3.8, 4) is 0 Å². The Hall–Kier alpha value is -2.31. The molecule has 0 spiro atoms. The number of imidazole rings is 1. The number of aromatic amines is 1. The molecule has 2 aliphatic heterocycles. The van der Waals surface area contributed by atoms with E-state index in [1.165, 1.54) is 28.2 Å². The van der Waals surface area contributed by atoms with Gasteiger partial charge in [0.25, 0.3) is 0 Å². The highest BCUT2D eigenvalue weighted by atomic mass is 32.2. The van der Waals surface area contributed by atoms with Crippen LogP contribution in [0.3, 0.4) is 0 Å². The fourth-order valence-electron chi connectivity index (χ4n) is 4.56. The molecule has 1 aromatic heterocycles. The van der Waals surface area contributed by atoms with Gasteiger partial charge in [0, 0.05) is 17.6 Å². The van der Waals surface area contributed by atoms with E-state index in [0.29, 0.717) is 5.92 Å². The molecule has 5 rings (SSSR count). The summed E-state index contributed by atoms with van der Waals surface area (Å²) in [6.07, 6.45) is 3.35. The first-order valence-corrected chi connectivity index (χ1v) is 11.4. The highest BCUT2D eigenvalue weighted by Crippen LogP contribution is 2.45. The summed E-state index contributed by atoms with van der Waals surface area (Å²) in [6.45, 7) is 9.82. The fourth-order valence-corrected chi connectivity index (χ4v) is 5.66. The summed E-state index contributed by atoms with van der Waals surface area (Å²) >= 11 is 1.82. The molecule has 0 saturated carbocycles. The van der Waals surface area contributed by atoms with Crippen molar-refractivity contribution >= 4 is 27.7 Å². The molecule has 3 aromatic rings. The summed E-state index contributed by atoms with van der Waals surface area (Å²) in [4.78, 5) is 9.77. The highest BCUT2D eigenvalue weighted by molar-refractivity contribution is 8.09. The molecule has 3 atom stereocenters. The number of benzene rings is 2. The first kappa shape index (κ1) is 19.6. The van der Waals surface area contributed by atoms with Crippen LogP contribution in [0.4, 0.5) is 4.39 Å². The van der Waals surface area contributed by atoms with Crippen LogP contribution in [0.2, 0.25) is 0 Å². The lowest BCUT2D eigenvalue weighted by Gasteiger charge is -2.36. The van der Waals surface area contributed by atoms with E-state index in [2.05, 4.69) is 61.0 Å². The maximum Gasteiger partial charge on any atom is 0.126 e. The molecule has 0 bridgehead atoms. The molecule has 0 aliphatic carbocycles. The SMILES string of the molecule is Cc1cc2nc([C@@H]3[C@@H](C)CCN3N3C=C(c4ccc(F)cc4)SC3C)[nH]c2cc1C. The minimum absolute atomic E-state index is 0.198. The summed E-state index contributed by atoms with van der Waals surface area (Å²) in [6, 6.07) is 11.4. The molecule has 2 aromatic carbocycles. The van der Waals surface area contributed by atoms with Gasteiger partial charge in [0.1, 0.15) is 11.6 Å². The van der Waals surface area contributed by atoms with Crippen molar-refractivity contribution in [2.45, 2.75) is 45.5 Å². The molecular weight excluding hydrogens is 395 g/mol. The van der Waals surface area contributed by atoms with Gasteiger partial charge in [-0.25, -0.2) is 14.4 Å². The van der Waals surface area contributed by atoms with Gasteiger partial charge in [0.05, 0.1) is 22.4 Å². The first-order chi connectivity index (χ1) is 14.4. The van der Waals surface area contributed by atoms with Crippen LogP contribution in [-0.4, -0.2) is 31.9 Å². The molecule has 0 radical (unpaired) electrons.